The Morgan fingerprint density at radius 3 is 2.81 bits per heavy atom. The van der Waals surface area contributed by atoms with E-state index in [0.29, 0.717) is 32.2 Å². The van der Waals surface area contributed by atoms with E-state index in [0.717, 1.165) is 20.9 Å². The summed E-state index contributed by atoms with van der Waals surface area (Å²) in [4.78, 5) is 25.6. The average Bonchev–Trinajstić information content (AvgIpc) is 3.47. The van der Waals surface area contributed by atoms with Crippen LogP contribution >= 0.6 is 34.3 Å². The first-order valence-corrected chi connectivity index (χ1v) is 11.4. The number of imidazole rings is 1. The summed E-state index contributed by atoms with van der Waals surface area (Å²) in [5, 5.41) is 6.16. The van der Waals surface area contributed by atoms with Gasteiger partial charge in [0.25, 0.3) is 0 Å². The number of hydrogen-bond donors (Lipinski definition) is 1. The molecule has 0 unspecified atom stereocenters. The minimum absolute atomic E-state index is 0.0526. The second-order valence-corrected chi connectivity index (χ2v) is 8.95. The summed E-state index contributed by atoms with van der Waals surface area (Å²) >= 11 is 8.34. The number of nitrogens with one attached hydrogen (secondary N) is 1. The van der Waals surface area contributed by atoms with Crippen LogP contribution in [0.1, 0.15) is 22.9 Å². The van der Waals surface area contributed by atoms with E-state index >= 15 is 0 Å². The molecular formula is C20H16ClF2N5O2S2. The summed E-state index contributed by atoms with van der Waals surface area (Å²) in [6, 6.07) is 7.01. The lowest BCUT2D eigenvalue weighted by Gasteiger charge is -2.04. The summed E-state index contributed by atoms with van der Waals surface area (Å²) in [5.41, 5.74) is 1.11. The third-order valence-corrected chi connectivity index (χ3v) is 6.43. The number of halogens is 3. The van der Waals surface area contributed by atoms with Crippen LogP contribution in [0, 0.1) is 6.92 Å². The maximum Gasteiger partial charge on any atom is 0.320 e. The number of ether oxygens (including phenoxy) is 1. The summed E-state index contributed by atoms with van der Waals surface area (Å²) in [6.45, 7) is -0.756. The molecule has 7 nitrogen and oxygen atoms in total. The molecule has 0 bridgehead atoms. The Hall–Kier alpha value is -2.89. The summed E-state index contributed by atoms with van der Waals surface area (Å²) in [5.74, 6) is 0.476. The van der Waals surface area contributed by atoms with Gasteiger partial charge in [-0.15, -0.1) is 11.3 Å². The zero-order chi connectivity index (χ0) is 22.7. The van der Waals surface area contributed by atoms with E-state index < -0.39 is 6.55 Å². The van der Waals surface area contributed by atoms with Crippen LogP contribution in [-0.2, 0) is 17.8 Å². The Morgan fingerprint density at radius 2 is 2.06 bits per heavy atom. The van der Waals surface area contributed by atoms with Gasteiger partial charge in [0.05, 0.1) is 22.7 Å². The smallest absolute Gasteiger partial charge is 0.320 e. The van der Waals surface area contributed by atoms with Crippen molar-refractivity contribution in [1.82, 2.24) is 19.5 Å². The minimum Gasteiger partial charge on any atom is -0.486 e. The molecular weight excluding hydrogens is 480 g/mol. The van der Waals surface area contributed by atoms with Crippen molar-refractivity contribution in [3.63, 3.8) is 0 Å². The van der Waals surface area contributed by atoms with Crippen LogP contribution in [0.2, 0.25) is 5.02 Å². The van der Waals surface area contributed by atoms with Gasteiger partial charge in [0.1, 0.15) is 17.4 Å². The lowest BCUT2D eigenvalue weighted by Crippen LogP contribution is -2.14. The number of aryl methyl sites for hydroxylation is 1. The number of rotatable bonds is 8. The van der Waals surface area contributed by atoms with Crippen LogP contribution < -0.4 is 10.1 Å². The Labute approximate surface area is 194 Å². The van der Waals surface area contributed by atoms with Gasteiger partial charge in [0.15, 0.2) is 11.0 Å². The molecule has 0 radical (unpaired) electrons. The highest BCUT2D eigenvalue weighted by atomic mass is 35.5. The highest BCUT2D eigenvalue weighted by Crippen LogP contribution is 2.33. The summed E-state index contributed by atoms with van der Waals surface area (Å²) in [6.07, 6.45) is 2.56. The number of amides is 1. The van der Waals surface area contributed by atoms with Crippen molar-refractivity contribution >= 4 is 45.3 Å². The van der Waals surface area contributed by atoms with Crippen molar-refractivity contribution < 1.29 is 18.3 Å². The van der Waals surface area contributed by atoms with Gasteiger partial charge in [-0.1, -0.05) is 22.9 Å². The van der Waals surface area contributed by atoms with E-state index in [1.807, 2.05) is 0 Å². The predicted octanol–water partition coefficient (Wildman–Crippen LogP) is 5.58. The second kappa shape index (κ2) is 9.72. The van der Waals surface area contributed by atoms with Crippen molar-refractivity contribution in [3.8, 4) is 16.5 Å². The number of benzene rings is 1. The number of alkyl halides is 2. The molecule has 1 amide bonds. The van der Waals surface area contributed by atoms with Crippen LogP contribution in [0.4, 0.5) is 13.9 Å². The molecule has 0 saturated heterocycles. The number of aromatic nitrogens is 4. The van der Waals surface area contributed by atoms with Crippen LogP contribution in [0.15, 0.2) is 42.0 Å². The average molecular weight is 496 g/mol. The molecule has 12 heteroatoms. The first-order valence-electron chi connectivity index (χ1n) is 9.29. The standard InChI is InChI=1S/C20H16ClF2N5O2S2/c1-11-17(18-24-6-7-28(18)19(22)23)32-20(25-11)27-15(29)8-13-10-31-16(26-13)9-30-14-4-2-12(21)3-5-14/h2-7,10,19H,8-9H2,1H3,(H,25,27,29). The molecule has 1 N–H and O–H groups in total. The molecule has 1 aromatic carbocycles. The van der Waals surface area contributed by atoms with Crippen LogP contribution in [0.5, 0.6) is 5.75 Å². The van der Waals surface area contributed by atoms with E-state index in [2.05, 4.69) is 20.3 Å². The third-order valence-electron chi connectivity index (χ3n) is 4.24. The minimum atomic E-state index is -2.71. The van der Waals surface area contributed by atoms with Crippen LogP contribution in [-0.4, -0.2) is 25.4 Å². The fourth-order valence-corrected chi connectivity index (χ4v) is 4.62. The molecule has 0 spiro atoms. The SMILES string of the molecule is Cc1nc(NC(=O)Cc2csc(COc3ccc(Cl)cc3)n2)sc1-c1nccn1C(F)F. The van der Waals surface area contributed by atoms with Gasteiger partial charge in [-0.2, -0.15) is 8.78 Å². The van der Waals surface area contributed by atoms with Crippen molar-refractivity contribution in [1.29, 1.82) is 0 Å². The zero-order valence-electron chi connectivity index (χ0n) is 16.6. The molecule has 0 atom stereocenters. The molecule has 0 aliphatic heterocycles. The van der Waals surface area contributed by atoms with Gasteiger partial charge >= 0.3 is 6.55 Å². The summed E-state index contributed by atoms with van der Waals surface area (Å²) in [7, 11) is 0. The van der Waals surface area contributed by atoms with E-state index in [1.54, 1.807) is 36.6 Å². The second-order valence-electron chi connectivity index (χ2n) is 6.57. The van der Waals surface area contributed by atoms with Gasteiger partial charge in [-0.3, -0.25) is 9.36 Å². The monoisotopic (exact) mass is 495 g/mol. The van der Waals surface area contributed by atoms with Crippen molar-refractivity contribution in [2.45, 2.75) is 26.5 Å². The highest BCUT2D eigenvalue weighted by Gasteiger charge is 2.19. The molecule has 4 rings (SSSR count). The molecule has 0 fully saturated rings. The molecule has 0 aliphatic carbocycles. The predicted molar refractivity (Wildman–Crippen MR) is 120 cm³/mol. The largest absolute Gasteiger partial charge is 0.486 e. The number of thiazole rings is 2. The first kappa shape index (κ1) is 22.3. The van der Waals surface area contributed by atoms with Crippen molar-refractivity contribution in [2.24, 2.45) is 0 Å². The van der Waals surface area contributed by atoms with Gasteiger partial charge < -0.3 is 10.1 Å². The molecule has 0 aliphatic rings. The fraction of sp³-hybridized carbons (Fsp3) is 0.200. The third kappa shape index (κ3) is 5.29. The number of nitrogens with zero attached hydrogens (tertiary/aromatic N) is 4. The molecule has 3 aromatic heterocycles. The van der Waals surface area contributed by atoms with Gasteiger partial charge in [-0.05, 0) is 31.2 Å². The van der Waals surface area contributed by atoms with Crippen LogP contribution in [0.25, 0.3) is 10.7 Å². The van der Waals surface area contributed by atoms with Crippen molar-refractivity contribution in [2.75, 3.05) is 5.32 Å². The van der Waals surface area contributed by atoms with E-state index in [-0.39, 0.29) is 24.8 Å². The number of carbonyl (C=O) groups is 1. The summed E-state index contributed by atoms with van der Waals surface area (Å²) < 4.78 is 32.7. The van der Waals surface area contributed by atoms with Crippen molar-refractivity contribution in [3.05, 3.63) is 63.5 Å². The Kier molecular flexibility index (Phi) is 6.77. The Balaban J connectivity index is 1.35. The first-order chi connectivity index (χ1) is 15.4. The maximum atomic E-state index is 13.1. The normalized spacial score (nSPS) is 11.2. The lowest BCUT2D eigenvalue weighted by molar-refractivity contribution is -0.115. The number of anilines is 1. The van der Waals surface area contributed by atoms with E-state index in [1.165, 1.54) is 23.7 Å². The topological polar surface area (TPSA) is 81.9 Å². The Morgan fingerprint density at radius 1 is 1.28 bits per heavy atom. The van der Waals surface area contributed by atoms with Gasteiger partial charge in [0.2, 0.25) is 5.91 Å². The fourth-order valence-electron chi connectivity index (χ4n) is 2.80. The number of carbonyl (C=O) groups excluding carboxylic acids is 1. The highest BCUT2D eigenvalue weighted by molar-refractivity contribution is 7.19. The van der Waals surface area contributed by atoms with E-state index in [4.69, 9.17) is 16.3 Å². The maximum absolute atomic E-state index is 13.1. The van der Waals surface area contributed by atoms with Gasteiger partial charge in [-0.25, -0.2) is 15.0 Å². The Bertz CT molecular complexity index is 1220. The molecule has 166 valence electrons. The molecule has 32 heavy (non-hydrogen) atoms. The van der Waals surface area contributed by atoms with Gasteiger partial charge in [0, 0.05) is 22.8 Å². The zero-order valence-corrected chi connectivity index (χ0v) is 19.0. The lowest BCUT2D eigenvalue weighted by atomic mass is 10.3. The molecule has 4 aromatic rings. The molecule has 0 saturated carbocycles. The number of hydrogen-bond acceptors (Lipinski definition) is 7. The molecule has 3 heterocycles. The quantitative estimate of drug-likeness (QED) is 0.345. The van der Waals surface area contributed by atoms with Crippen LogP contribution in [0.3, 0.4) is 0 Å². The van der Waals surface area contributed by atoms with E-state index in [9.17, 15) is 13.6 Å².